The third kappa shape index (κ3) is 5.32. The molecule has 1 aliphatic carbocycles. The highest BCUT2D eigenvalue weighted by molar-refractivity contribution is 7.26. The summed E-state index contributed by atoms with van der Waals surface area (Å²) in [5, 5.41) is 4.99. The minimum absolute atomic E-state index is 0.515. The Morgan fingerprint density at radius 3 is 1.51 bits per heavy atom. The van der Waals surface area contributed by atoms with Crippen molar-refractivity contribution in [1.82, 2.24) is 0 Å². The van der Waals surface area contributed by atoms with E-state index in [0.29, 0.717) is 0 Å². The van der Waals surface area contributed by atoms with E-state index < -0.39 is 5.41 Å². The molecular weight excluding hydrogens is 785 g/mol. The molecule has 0 bridgehead atoms. The zero-order chi connectivity index (χ0) is 41.5. The van der Waals surface area contributed by atoms with E-state index in [0.717, 1.165) is 39.9 Å². The summed E-state index contributed by atoms with van der Waals surface area (Å²) < 4.78 is 9.13. The average molecular weight is 823 g/mol. The van der Waals surface area contributed by atoms with E-state index >= 15 is 0 Å². The molecule has 4 heteroatoms. The summed E-state index contributed by atoms with van der Waals surface area (Å²) in [6.07, 6.45) is 0. The van der Waals surface area contributed by atoms with Crippen LogP contribution in [0, 0.1) is 0 Å². The maximum Gasteiger partial charge on any atom is 0.132 e. The fourth-order valence-electron chi connectivity index (χ4n) is 10.5. The van der Waals surface area contributed by atoms with Crippen molar-refractivity contribution >= 4 is 76.4 Å². The molecule has 2 heterocycles. The van der Waals surface area contributed by atoms with Crippen LogP contribution in [-0.4, -0.2) is 0 Å². The van der Waals surface area contributed by atoms with Crippen molar-refractivity contribution in [2.75, 3.05) is 9.80 Å². The Kier molecular flexibility index (Phi) is 7.99. The van der Waals surface area contributed by atoms with Gasteiger partial charge in [0.2, 0.25) is 0 Å². The normalized spacial score (nSPS) is 13.0. The van der Waals surface area contributed by atoms with E-state index in [1.54, 1.807) is 0 Å². The first-order valence-electron chi connectivity index (χ1n) is 21.5. The number of rotatable bonds is 6. The first-order valence-corrected chi connectivity index (χ1v) is 22.3. The van der Waals surface area contributed by atoms with E-state index in [2.05, 4.69) is 240 Å². The molecule has 1 spiro atoms. The highest BCUT2D eigenvalue weighted by atomic mass is 32.1. The number of thiophene rings is 1. The Morgan fingerprint density at radius 2 is 0.841 bits per heavy atom. The summed E-state index contributed by atoms with van der Waals surface area (Å²) in [5.74, 6) is 1.80. The van der Waals surface area contributed by atoms with Crippen LogP contribution in [-0.2, 0) is 5.41 Å². The minimum Gasteiger partial charge on any atom is -0.457 e. The SMILES string of the molecule is c1ccc(N(c2ccc3c(c2)-c2ccccc2C32c3ccccc3Oc3ccccc32)c2ccc3sc4cc(N(c5ccccc5)c5ccccc5)c5ccccc5c4c3c2)cc1. The number of para-hydroxylation sites is 5. The monoisotopic (exact) mass is 822 g/mol. The lowest BCUT2D eigenvalue weighted by atomic mass is 9.66. The standard InChI is InChI=1S/C59H38N2OS/c1-4-18-39(19-5-1)60(42-32-34-50-47(36-42)44-24-12-13-27-49(44)59(50)51-28-14-16-30-54(51)62-55-31-17-15-29-52(55)59)43-33-35-56-48(37-43)58-46-26-11-10-25-45(46)53(38-57(58)63-56)61(40-20-6-2-7-21-40)41-22-8-3-9-23-41/h1-38H. The summed E-state index contributed by atoms with van der Waals surface area (Å²) in [7, 11) is 0. The predicted octanol–water partition coefficient (Wildman–Crippen LogP) is 16.6. The predicted molar refractivity (Wildman–Crippen MR) is 264 cm³/mol. The van der Waals surface area contributed by atoms with Crippen LogP contribution in [0.15, 0.2) is 231 Å². The molecule has 13 rings (SSSR count). The molecule has 0 N–H and O–H groups in total. The van der Waals surface area contributed by atoms with Gasteiger partial charge < -0.3 is 14.5 Å². The molecule has 296 valence electrons. The lowest BCUT2D eigenvalue weighted by Gasteiger charge is -2.39. The van der Waals surface area contributed by atoms with Gasteiger partial charge in [-0.3, -0.25) is 0 Å². The lowest BCUT2D eigenvalue weighted by Crippen LogP contribution is -2.32. The minimum atomic E-state index is -0.515. The third-order valence-electron chi connectivity index (χ3n) is 13.1. The van der Waals surface area contributed by atoms with E-state index in [9.17, 15) is 0 Å². The number of fused-ring (bicyclic) bond motifs is 14. The van der Waals surface area contributed by atoms with Crippen LogP contribution in [0.2, 0.25) is 0 Å². The highest BCUT2D eigenvalue weighted by Gasteiger charge is 2.51. The molecule has 1 aromatic heterocycles. The molecule has 0 unspecified atom stereocenters. The smallest absolute Gasteiger partial charge is 0.132 e. The van der Waals surface area contributed by atoms with Gasteiger partial charge >= 0.3 is 0 Å². The van der Waals surface area contributed by atoms with E-state index in [-0.39, 0.29) is 0 Å². The van der Waals surface area contributed by atoms with Gasteiger partial charge in [-0.1, -0.05) is 146 Å². The van der Waals surface area contributed by atoms with Gasteiger partial charge in [0.1, 0.15) is 11.5 Å². The Balaban J connectivity index is 1.02. The zero-order valence-electron chi connectivity index (χ0n) is 34.2. The van der Waals surface area contributed by atoms with Crippen molar-refractivity contribution in [3.8, 4) is 22.6 Å². The molecule has 3 nitrogen and oxygen atoms in total. The topological polar surface area (TPSA) is 15.7 Å². The highest BCUT2D eigenvalue weighted by Crippen LogP contribution is 2.62. The fourth-order valence-corrected chi connectivity index (χ4v) is 11.7. The fraction of sp³-hybridized carbons (Fsp3) is 0.0169. The zero-order valence-corrected chi connectivity index (χ0v) is 35.0. The molecular formula is C59H38N2OS. The Bertz CT molecular complexity index is 3480. The van der Waals surface area contributed by atoms with Crippen molar-refractivity contribution < 1.29 is 4.74 Å². The molecule has 2 aliphatic rings. The van der Waals surface area contributed by atoms with Crippen LogP contribution >= 0.6 is 11.3 Å². The van der Waals surface area contributed by atoms with Gasteiger partial charge in [0.25, 0.3) is 0 Å². The summed E-state index contributed by atoms with van der Waals surface area (Å²) in [6, 6.07) is 83.7. The second-order valence-corrected chi connectivity index (χ2v) is 17.5. The summed E-state index contributed by atoms with van der Waals surface area (Å²) in [6.45, 7) is 0. The van der Waals surface area contributed by atoms with Crippen LogP contribution in [0.4, 0.5) is 34.1 Å². The molecule has 63 heavy (non-hydrogen) atoms. The van der Waals surface area contributed by atoms with Crippen molar-refractivity contribution in [2.24, 2.45) is 0 Å². The van der Waals surface area contributed by atoms with E-state index in [1.807, 2.05) is 11.3 Å². The van der Waals surface area contributed by atoms with Gasteiger partial charge in [0.05, 0.1) is 11.1 Å². The quantitative estimate of drug-likeness (QED) is 0.166. The molecule has 10 aromatic carbocycles. The van der Waals surface area contributed by atoms with Gasteiger partial charge in [-0.15, -0.1) is 11.3 Å². The second kappa shape index (κ2) is 14.1. The van der Waals surface area contributed by atoms with Gasteiger partial charge in [0, 0.05) is 65.1 Å². The molecule has 11 aromatic rings. The van der Waals surface area contributed by atoms with Crippen molar-refractivity contribution in [3.05, 3.63) is 253 Å². The molecule has 1 aliphatic heterocycles. The first-order chi connectivity index (χ1) is 31.3. The average Bonchev–Trinajstić information content (AvgIpc) is 3.86. The number of nitrogens with zero attached hydrogens (tertiary/aromatic N) is 2. The number of hydrogen-bond acceptors (Lipinski definition) is 4. The van der Waals surface area contributed by atoms with Crippen LogP contribution in [0.1, 0.15) is 22.3 Å². The summed E-state index contributed by atoms with van der Waals surface area (Å²) >= 11 is 1.86. The number of benzene rings is 10. The third-order valence-corrected chi connectivity index (χ3v) is 14.2. The van der Waals surface area contributed by atoms with Crippen LogP contribution in [0.5, 0.6) is 11.5 Å². The maximum absolute atomic E-state index is 6.61. The van der Waals surface area contributed by atoms with E-state index in [1.165, 1.54) is 70.0 Å². The Morgan fingerprint density at radius 1 is 0.333 bits per heavy atom. The maximum atomic E-state index is 6.61. The molecule has 0 saturated carbocycles. The van der Waals surface area contributed by atoms with Crippen LogP contribution < -0.4 is 14.5 Å². The van der Waals surface area contributed by atoms with Gasteiger partial charge in [0.15, 0.2) is 0 Å². The molecule has 0 radical (unpaired) electrons. The van der Waals surface area contributed by atoms with Crippen LogP contribution in [0.3, 0.4) is 0 Å². The lowest BCUT2D eigenvalue weighted by molar-refractivity contribution is 0.436. The first kappa shape index (κ1) is 35.8. The van der Waals surface area contributed by atoms with Crippen molar-refractivity contribution in [2.45, 2.75) is 5.41 Å². The van der Waals surface area contributed by atoms with Gasteiger partial charge in [-0.25, -0.2) is 0 Å². The van der Waals surface area contributed by atoms with Gasteiger partial charge in [-0.2, -0.15) is 0 Å². The van der Waals surface area contributed by atoms with Gasteiger partial charge in [-0.05, 0) is 113 Å². The molecule has 0 atom stereocenters. The largest absolute Gasteiger partial charge is 0.457 e. The van der Waals surface area contributed by atoms with E-state index in [4.69, 9.17) is 4.74 Å². The summed E-state index contributed by atoms with van der Waals surface area (Å²) in [4.78, 5) is 4.81. The Hall–Kier alpha value is -7.92. The summed E-state index contributed by atoms with van der Waals surface area (Å²) in [5.41, 5.74) is 13.6. The molecule has 0 amide bonds. The van der Waals surface area contributed by atoms with Crippen molar-refractivity contribution in [1.29, 1.82) is 0 Å². The number of anilines is 6. The Labute approximate surface area is 370 Å². The number of hydrogen-bond donors (Lipinski definition) is 0. The van der Waals surface area contributed by atoms with Crippen molar-refractivity contribution in [3.63, 3.8) is 0 Å². The molecule has 0 fully saturated rings. The second-order valence-electron chi connectivity index (χ2n) is 16.4. The van der Waals surface area contributed by atoms with Crippen LogP contribution in [0.25, 0.3) is 42.1 Å². The number of ether oxygens (including phenoxy) is 1. The molecule has 0 saturated heterocycles.